The van der Waals surface area contributed by atoms with E-state index in [1.54, 1.807) is 18.4 Å². The number of nitrogens with zero attached hydrogens (tertiary/aromatic N) is 3. The molecule has 0 N–H and O–H groups in total. The average Bonchev–Trinajstić information content (AvgIpc) is 3.30. The molecule has 3 heterocycles. The van der Waals surface area contributed by atoms with E-state index in [1.807, 2.05) is 17.0 Å². The van der Waals surface area contributed by atoms with Crippen LogP contribution in [0.2, 0.25) is 5.02 Å². The largest absolute Gasteiger partial charge is 0.494 e. The van der Waals surface area contributed by atoms with Crippen LogP contribution in [0.4, 0.5) is 5.13 Å². The zero-order valence-corrected chi connectivity index (χ0v) is 15.6. The van der Waals surface area contributed by atoms with Crippen LogP contribution in [0.5, 0.6) is 5.75 Å². The number of rotatable bonds is 3. The molecule has 1 aromatic carbocycles. The molecule has 0 spiro atoms. The maximum absolute atomic E-state index is 12.7. The van der Waals surface area contributed by atoms with Gasteiger partial charge < -0.3 is 19.3 Å². The summed E-state index contributed by atoms with van der Waals surface area (Å²) in [5.74, 6) is 0.993. The maximum atomic E-state index is 12.7. The summed E-state index contributed by atoms with van der Waals surface area (Å²) in [7, 11) is 1.63. The van der Waals surface area contributed by atoms with Crippen molar-refractivity contribution in [1.82, 2.24) is 9.88 Å². The lowest BCUT2D eigenvalue weighted by Gasteiger charge is -2.29. The highest BCUT2D eigenvalue weighted by molar-refractivity contribution is 7.22. The highest BCUT2D eigenvalue weighted by Gasteiger charge is 2.33. The number of thiazole rings is 1. The Morgan fingerprint density at radius 2 is 2.16 bits per heavy atom. The summed E-state index contributed by atoms with van der Waals surface area (Å²) in [4.78, 5) is 21.5. The third-order valence-electron chi connectivity index (χ3n) is 4.80. The van der Waals surface area contributed by atoms with Crippen LogP contribution in [0.3, 0.4) is 0 Å². The van der Waals surface area contributed by atoms with Crippen molar-refractivity contribution in [2.24, 2.45) is 5.92 Å². The molecule has 0 saturated carbocycles. The quantitative estimate of drug-likeness (QED) is 0.818. The van der Waals surface area contributed by atoms with Gasteiger partial charge in [0.1, 0.15) is 11.3 Å². The van der Waals surface area contributed by atoms with Gasteiger partial charge in [-0.2, -0.15) is 0 Å². The van der Waals surface area contributed by atoms with E-state index >= 15 is 0 Å². The van der Waals surface area contributed by atoms with Gasteiger partial charge in [-0.3, -0.25) is 4.79 Å². The van der Waals surface area contributed by atoms with Gasteiger partial charge in [-0.1, -0.05) is 22.9 Å². The molecule has 1 aromatic heterocycles. The lowest BCUT2D eigenvalue weighted by atomic mass is 10.1. The smallest absolute Gasteiger partial charge is 0.227 e. The average molecular weight is 382 g/mol. The maximum Gasteiger partial charge on any atom is 0.227 e. The normalized spacial score (nSPS) is 21.1. The number of anilines is 1. The highest BCUT2D eigenvalue weighted by Crippen LogP contribution is 2.40. The van der Waals surface area contributed by atoms with Crippen molar-refractivity contribution in [2.75, 3.05) is 51.4 Å². The summed E-state index contributed by atoms with van der Waals surface area (Å²) in [6.45, 7) is 4.21. The zero-order chi connectivity index (χ0) is 17.4. The van der Waals surface area contributed by atoms with Gasteiger partial charge in [0, 0.05) is 26.2 Å². The van der Waals surface area contributed by atoms with Crippen molar-refractivity contribution < 1.29 is 14.3 Å². The monoisotopic (exact) mass is 381 g/mol. The first-order chi connectivity index (χ1) is 12.2. The number of methoxy groups -OCH3 is 1. The van der Waals surface area contributed by atoms with Crippen molar-refractivity contribution in [3.63, 3.8) is 0 Å². The molecule has 2 aliphatic rings. The fourth-order valence-corrected chi connectivity index (χ4v) is 4.71. The molecule has 0 radical (unpaired) electrons. The van der Waals surface area contributed by atoms with Crippen LogP contribution in [-0.2, 0) is 9.53 Å². The number of hydrogen-bond donors (Lipinski definition) is 0. The number of carbonyl (C=O) groups excluding carboxylic acids is 1. The predicted octanol–water partition coefficient (Wildman–Crippen LogP) is 2.64. The molecule has 134 valence electrons. The van der Waals surface area contributed by atoms with Crippen molar-refractivity contribution in [2.45, 2.75) is 6.42 Å². The van der Waals surface area contributed by atoms with Crippen LogP contribution in [0.1, 0.15) is 6.42 Å². The van der Waals surface area contributed by atoms with Gasteiger partial charge in [-0.25, -0.2) is 4.98 Å². The van der Waals surface area contributed by atoms with E-state index in [0.717, 1.165) is 34.1 Å². The Labute approximate surface area is 155 Å². The van der Waals surface area contributed by atoms with E-state index in [1.165, 1.54) is 0 Å². The first-order valence-corrected chi connectivity index (χ1v) is 9.61. The molecule has 8 heteroatoms. The lowest BCUT2D eigenvalue weighted by Crippen LogP contribution is -2.44. The Kier molecular flexibility index (Phi) is 4.71. The van der Waals surface area contributed by atoms with E-state index in [0.29, 0.717) is 37.9 Å². The fourth-order valence-electron chi connectivity index (χ4n) is 3.42. The Hall–Kier alpha value is -1.57. The molecule has 2 aliphatic heterocycles. The summed E-state index contributed by atoms with van der Waals surface area (Å²) in [6.07, 6.45) is 0.858. The van der Waals surface area contributed by atoms with Gasteiger partial charge in [0.15, 0.2) is 5.13 Å². The molecule has 0 aliphatic carbocycles. The Bertz CT molecular complexity index is 791. The van der Waals surface area contributed by atoms with Gasteiger partial charge in [0.05, 0.1) is 36.0 Å². The number of carbonyl (C=O) groups is 1. The molecular formula is C17H20ClN3O3S. The number of fused-ring (bicyclic) bond motifs is 1. The summed E-state index contributed by atoms with van der Waals surface area (Å²) < 4.78 is 11.7. The molecule has 4 rings (SSSR count). The van der Waals surface area contributed by atoms with Gasteiger partial charge in [0.25, 0.3) is 0 Å². The number of morpholine rings is 1. The van der Waals surface area contributed by atoms with Gasteiger partial charge in [-0.15, -0.1) is 0 Å². The standard InChI is InChI=1S/C17H20ClN3O3S/c1-23-13-3-2-12(18)15-14(13)19-17(25-15)21-5-4-11(10-21)16(22)20-6-8-24-9-7-20/h2-3,11H,4-10H2,1H3. The second-order valence-electron chi connectivity index (χ2n) is 6.29. The number of hydrogen-bond acceptors (Lipinski definition) is 6. The molecule has 1 unspecified atom stereocenters. The van der Waals surface area contributed by atoms with Crippen LogP contribution in [0.25, 0.3) is 10.2 Å². The molecular weight excluding hydrogens is 362 g/mol. The first-order valence-electron chi connectivity index (χ1n) is 8.42. The molecule has 1 amide bonds. The number of halogens is 1. The minimum absolute atomic E-state index is 0.0301. The van der Waals surface area contributed by atoms with E-state index in [-0.39, 0.29) is 11.8 Å². The van der Waals surface area contributed by atoms with Crippen LogP contribution in [-0.4, -0.2) is 62.3 Å². The van der Waals surface area contributed by atoms with Crippen molar-refractivity contribution in [3.8, 4) is 5.75 Å². The molecule has 1 atom stereocenters. The van der Waals surface area contributed by atoms with E-state index < -0.39 is 0 Å². The third-order valence-corrected chi connectivity index (χ3v) is 6.37. The van der Waals surface area contributed by atoms with Crippen LogP contribution < -0.4 is 9.64 Å². The van der Waals surface area contributed by atoms with E-state index in [9.17, 15) is 4.79 Å². The Balaban J connectivity index is 1.52. The molecule has 0 bridgehead atoms. The SMILES string of the molecule is COc1ccc(Cl)c2sc(N3CCC(C(=O)N4CCOCC4)C3)nc12. The summed E-state index contributed by atoms with van der Waals surface area (Å²) in [5, 5.41) is 1.58. The second kappa shape index (κ2) is 6.97. The third kappa shape index (κ3) is 3.16. The number of ether oxygens (including phenoxy) is 2. The van der Waals surface area contributed by atoms with Gasteiger partial charge >= 0.3 is 0 Å². The Morgan fingerprint density at radius 1 is 1.36 bits per heavy atom. The van der Waals surface area contributed by atoms with Crippen molar-refractivity contribution >= 4 is 44.2 Å². The van der Waals surface area contributed by atoms with Gasteiger partial charge in [0.2, 0.25) is 5.91 Å². The summed E-state index contributed by atoms with van der Waals surface area (Å²) in [6, 6.07) is 3.67. The molecule has 25 heavy (non-hydrogen) atoms. The number of amides is 1. The minimum atomic E-state index is 0.0301. The first kappa shape index (κ1) is 16.9. The molecule has 2 fully saturated rings. The zero-order valence-electron chi connectivity index (χ0n) is 14.0. The van der Waals surface area contributed by atoms with Crippen LogP contribution >= 0.6 is 22.9 Å². The molecule has 2 saturated heterocycles. The predicted molar refractivity (Wildman–Crippen MR) is 98.9 cm³/mol. The molecule has 6 nitrogen and oxygen atoms in total. The van der Waals surface area contributed by atoms with Crippen LogP contribution in [0, 0.1) is 5.92 Å². The summed E-state index contributed by atoms with van der Waals surface area (Å²) in [5.41, 5.74) is 0.790. The number of benzene rings is 1. The van der Waals surface area contributed by atoms with Crippen molar-refractivity contribution in [3.05, 3.63) is 17.2 Å². The lowest BCUT2D eigenvalue weighted by molar-refractivity contribution is -0.138. The van der Waals surface area contributed by atoms with Crippen molar-refractivity contribution in [1.29, 1.82) is 0 Å². The van der Waals surface area contributed by atoms with E-state index in [2.05, 4.69) is 4.90 Å². The summed E-state index contributed by atoms with van der Waals surface area (Å²) >= 11 is 7.87. The van der Waals surface area contributed by atoms with Crippen LogP contribution in [0.15, 0.2) is 12.1 Å². The Morgan fingerprint density at radius 3 is 2.92 bits per heavy atom. The van der Waals surface area contributed by atoms with E-state index in [4.69, 9.17) is 26.1 Å². The fraction of sp³-hybridized carbons (Fsp3) is 0.529. The second-order valence-corrected chi connectivity index (χ2v) is 7.68. The molecule has 2 aromatic rings. The number of aromatic nitrogens is 1. The topological polar surface area (TPSA) is 54.9 Å². The van der Waals surface area contributed by atoms with Gasteiger partial charge in [-0.05, 0) is 18.6 Å². The minimum Gasteiger partial charge on any atom is -0.494 e. The highest BCUT2D eigenvalue weighted by atomic mass is 35.5.